The van der Waals surface area contributed by atoms with Crippen LogP contribution in [-0.4, -0.2) is 55.1 Å². The van der Waals surface area contributed by atoms with Crippen LogP contribution in [0, 0.1) is 5.41 Å². The second-order valence-electron chi connectivity index (χ2n) is 6.32. The van der Waals surface area contributed by atoms with E-state index in [9.17, 15) is 4.79 Å². The van der Waals surface area contributed by atoms with Gasteiger partial charge in [0.2, 0.25) is 0 Å². The summed E-state index contributed by atoms with van der Waals surface area (Å²) in [7, 11) is 1.39. The Labute approximate surface area is 130 Å². The van der Waals surface area contributed by atoms with Crippen molar-refractivity contribution >= 4 is 5.97 Å². The van der Waals surface area contributed by atoms with E-state index in [4.69, 9.17) is 14.2 Å². The molecule has 1 fully saturated rings. The van der Waals surface area contributed by atoms with Gasteiger partial charge in [-0.25, -0.2) is 4.98 Å². The van der Waals surface area contributed by atoms with Crippen LogP contribution in [-0.2, 0) is 25.4 Å². The van der Waals surface area contributed by atoms with E-state index >= 15 is 0 Å². The number of hydrogen-bond acceptors (Lipinski definition) is 6. The first-order chi connectivity index (χ1) is 10.5. The van der Waals surface area contributed by atoms with E-state index in [1.165, 1.54) is 7.11 Å². The van der Waals surface area contributed by atoms with Crippen molar-refractivity contribution < 1.29 is 19.0 Å². The Kier molecular flexibility index (Phi) is 5.93. The SMILES string of the molecule is COC(=O)[C@H](Cc1cnc[nH]1)NCCC1OCC(C)(C)CO1. The average molecular weight is 311 g/mol. The van der Waals surface area contributed by atoms with Gasteiger partial charge in [0.05, 0.1) is 26.7 Å². The maximum absolute atomic E-state index is 11.8. The molecule has 2 rings (SSSR count). The van der Waals surface area contributed by atoms with Gasteiger partial charge in [0.15, 0.2) is 6.29 Å². The van der Waals surface area contributed by atoms with Crippen molar-refractivity contribution in [3.63, 3.8) is 0 Å². The summed E-state index contributed by atoms with van der Waals surface area (Å²) in [5.74, 6) is -0.291. The number of H-pyrrole nitrogens is 1. The van der Waals surface area contributed by atoms with Gasteiger partial charge < -0.3 is 24.5 Å². The molecule has 124 valence electrons. The Hall–Kier alpha value is -1.44. The number of rotatable bonds is 7. The summed E-state index contributed by atoms with van der Waals surface area (Å²) >= 11 is 0. The fourth-order valence-corrected chi connectivity index (χ4v) is 2.27. The molecule has 1 aliphatic heterocycles. The van der Waals surface area contributed by atoms with Crippen LogP contribution in [0.2, 0.25) is 0 Å². The number of imidazole rings is 1. The molecule has 0 saturated carbocycles. The van der Waals surface area contributed by atoms with E-state index in [1.54, 1.807) is 12.5 Å². The highest BCUT2D eigenvalue weighted by atomic mass is 16.7. The number of nitrogens with one attached hydrogen (secondary N) is 2. The van der Waals surface area contributed by atoms with Crippen molar-refractivity contribution in [1.29, 1.82) is 0 Å². The Morgan fingerprint density at radius 3 is 2.86 bits per heavy atom. The first kappa shape index (κ1) is 16.9. The van der Waals surface area contributed by atoms with Gasteiger partial charge in [-0.2, -0.15) is 0 Å². The van der Waals surface area contributed by atoms with Crippen molar-refractivity contribution in [2.24, 2.45) is 5.41 Å². The molecule has 0 radical (unpaired) electrons. The smallest absolute Gasteiger partial charge is 0.323 e. The molecule has 0 amide bonds. The number of ether oxygens (including phenoxy) is 3. The molecule has 2 N–H and O–H groups in total. The first-order valence-corrected chi connectivity index (χ1v) is 7.52. The zero-order valence-corrected chi connectivity index (χ0v) is 13.4. The van der Waals surface area contributed by atoms with Crippen LogP contribution in [0.4, 0.5) is 0 Å². The van der Waals surface area contributed by atoms with Crippen molar-refractivity contribution in [3.05, 3.63) is 18.2 Å². The van der Waals surface area contributed by atoms with Crippen LogP contribution in [0.5, 0.6) is 0 Å². The lowest BCUT2D eigenvalue weighted by Crippen LogP contribution is -2.43. The number of carbonyl (C=O) groups excluding carboxylic acids is 1. The average Bonchev–Trinajstić information content (AvgIpc) is 3.00. The van der Waals surface area contributed by atoms with Crippen LogP contribution in [0.3, 0.4) is 0 Å². The Balaban J connectivity index is 1.75. The molecule has 7 nitrogen and oxygen atoms in total. The van der Waals surface area contributed by atoms with Crippen LogP contribution in [0.1, 0.15) is 26.0 Å². The predicted molar refractivity (Wildman–Crippen MR) is 80.2 cm³/mol. The molecular formula is C15H25N3O4. The summed E-state index contributed by atoms with van der Waals surface area (Å²) < 4.78 is 16.2. The molecule has 0 aromatic carbocycles. The van der Waals surface area contributed by atoms with Gasteiger partial charge in [-0.1, -0.05) is 13.8 Å². The van der Waals surface area contributed by atoms with Crippen LogP contribution in [0.25, 0.3) is 0 Å². The number of aromatic nitrogens is 2. The quantitative estimate of drug-likeness (QED) is 0.727. The summed E-state index contributed by atoms with van der Waals surface area (Å²) in [5.41, 5.74) is 0.953. The van der Waals surface area contributed by atoms with E-state index in [0.29, 0.717) is 32.6 Å². The number of esters is 1. The Morgan fingerprint density at radius 2 is 2.27 bits per heavy atom. The summed E-state index contributed by atoms with van der Waals surface area (Å²) in [5, 5.41) is 3.19. The molecule has 1 saturated heterocycles. The van der Waals surface area contributed by atoms with Crippen molar-refractivity contribution in [1.82, 2.24) is 15.3 Å². The second kappa shape index (κ2) is 7.71. The molecule has 1 atom stereocenters. The third-order valence-corrected chi connectivity index (χ3v) is 3.56. The standard InChI is InChI=1S/C15H25N3O4/c1-15(2)8-21-13(22-9-15)4-5-17-12(14(19)20-3)6-11-7-16-10-18-11/h7,10,12-13,17H,4-6,8-9H2,1-3H3,(H,16,18)/t12-/m0/s1. The van der Waals surface area contributed by atoms with E-state index in [2.05, 4.69) is 29.1 Å². The molecular weight excluding hydrogens is 286 g/mol. The van der Waals surface area contributed by atoms with Gasteiger partial charge in [-0.15, -0.1) is 0 Å². The highest BCUT2D eigenvalue weighted by molar-refractivity contribution is 5.75. The number of nitrogens with zero attached hydrogens (tertiary/aromatic N) is 1. The maximum Gasteiger partial charge on any atom is 0.323 e. The van der Waals surface area contributed by atoms with Gasteiger partial charge in [-0.3, -0.25) is 4.79 Å². The molecule has 1 aromatic rings. The highest BCUT2D eigenvalue weighted by Gasteiger charge is 2.28. The minimum Gasteiger partial charge on any atom is -0.468 e. The Bertz CT molecular complexity index is 451. The van der Waals surface area contributed by atoms with Gasteiger partial charge in [0.25, 0.3) is 0 Å². The number of carbonyl (C=O) groups is 1. The molecule has 0 aliphatic carbocycles. The summed E-state index contributed by atoms with van der Waals surface area (Å²) in [6.45, 7) is 6.20. The second-order valence-corrected chi connectivity index (χ2v) is 6.32. The van der Waals surface area contributed by atoms with Gasteiger partial charge in [-0.05, 0) is 0 Å². The third kappa shape index (κ3) is 5.08. The summed E-state index contributed by atoms with van der Waals surface area (Å²) in [4.78, 5) is 18.8. The molecule has 0 spiro atoms. The number of methoxy groups -OCH3 is 1. The van der Waals surface area contributed by atoms with Crippen molar-refractivity contribution in [3.8, 4) is 0 Å². The lowest BCUT2D eigenvalue weighted by Gasteiger charge is -2.34. The van der Waals surface area contributed by atoms with Crippen LogP contribution >= 0.6 is 0 Å². The first-order valence-electron chi connectivity index (χ1n) is 7.52. The molecule has 22 heavy (non-hydrogen) atoms. The van der Waals surface area contributed by atoms with E-state index in [-0.39, 0.29) is 17.7 Å². The monoisotopic (exact) mass is 311 g/mol. The van der Waals surface area contributed by atoms with Gasteiger partial charge in [0, 0.05) is 36.7 Å². The fourth-order valence-electron chi connectivity index (χ4n) is 2.27. The predicted octanol–water partition coefficient (Wildman–Crippen LogP) is 0.873. The third-order valence-electron chi connectivity index (χ3n) is 3.56. The molecule has 0 unspecified atom stereocenters. The maximum atomic E-state index is 11.8. The number of hydrogen-bond donors (Lipinski definition) is 2. The number of aromatic amines is 1. The van der Waals surface area contributed by atoms with Crippen LogP contribution < -0.4 is 5.32 Å². The Morgan fingerprint density at radius 1 is 1.55 bits per heavy atom. The minimum absolute atomic E-state index is 0.0685. The zero-order chi connectivity index (χ0) is 16.0. The lowest BCUT2D eigenvalue weighted by atomic mass is 9.95. The van der Waals surface area contributed by atoms with Crippen molar-refractivity contribution in [2.75, 3.05) is 26.9 Å². The minimum atomic E-state index is -0.412. The lowest BCUT2D eigenvalue weighted by molar-refractivity contribution is -0.223. The van der Waals surface area contributed by atoms with Crippen molar-refractivity contribution in [2.45, 2.75) is 39.0 Å². The molecule has 7 heteroatoms. The molecule has 0 bridgehead atoms. The topological polar surface area (TPSA) is 85.5 Å². The highest BCUT2D eigenvalue weighted by Crippen LogP contribution is 2.23. The summed E-state index contributed by atoms with van der Waals surface area (Å²) in [6.07, 6.45) is 4.27. The molecule has 2 heterocycles. The molecule has 1 aromatic heterocycles. The van der Waals surface area contributed by atoms with Crippen LogP contribution in [0.15, 0.2) is 12.5 Å². The molecule has 1 aliphatic rings. The van der Waals surface area contributed by atoms with E-state index in [0.717, 1.165) is 5.69 Å². The normalized spacial score (nSPS) is 19.8. The van der Waals surface area contributed by atoms with Gasteiger partial charge in [0.1, 0.15) is 6.04 Å². The van der Waals surface area contributed by atoms with Gasteiger partial charge >= 0.3 is 5.97 Å². The van der Waals surface area contributed by atoms with E-state index in [1.807, 2.05) is 0 Å². The van der Waals surface area contributed by atoms with E-state index < -0.39 is 6.04 Å². The largest absolute Gasteiger partial charge is 0.468 e. The fraction of sp³-hybridized carbons (Fsp3) is 0.733. The summed E-state index contributed by atoms with van der Waals surface area (Å²) in [6, 6.07) is -0.412. The zero-order valence-electron chi connectivity index (χ0n) is 13.4.